The highest BCUT2D eigenvalue weighted by Crippen LogP contribution is 1.91. The van der Waals surface area contributed by atoms with E-state index in [0.717, 1.165) is 12.8 Å². The van der Waals surface area contributed by atoms with Crippen molar-refractivity contribution in [1.29, 1.82) is 0 Å². The molecule has 58 valence electrons. The lowest BCUT2D eigenvalue weighted by Gasteiger charge is -1.85. The number of carboxylic acid groups (broad SMARTS) is 1. The van der Waals surface area contributed by atoms with E-state index >= 15 is 0 Å². The molecule has 0 aliphatic carbocycles. The molecule has 0 spiro atoms. The fraction of sp³-hybridized carbons (Fsp3) is 0.800. The summed E-state index contributed by atoms with van der Waals surface area (Å²) >= 11 is 0. The minimum absolute atomic E-state index is 0. The van der Waals surface area contributed by atoms with Crippen LogP contribution in [0.15, 0.2) is 0 Å². The molecule has 0 saturated heterocycles. The zero-order chi connectivity index (χ0) is 5.70. The quantitative estimate of drug-likeness (QED) is 0.713. The van der Waals surface area contributed by atoms with Gasteiger partial charge in [-0.25, -0.2) is 0 Å². The Morgan fingerprint density at radius 2 is 1.89 bits per heavy atom. The fourth-order valence-corrected chi connectivity index (χ4v) is 0.328. The third-order valence-corrected chi connectivity index (χ3v) is 0.744. The van der Waals surface area contributed by atoms with E-state index in [4.69, 9.17) is 5.11 Å². The van der Waals surface area contributed by atoms with E-state index < -0.39 is 5.97 Å². The molecular formula is C5H12Cl2O2. The molecule has 0 radical (unpaired) electrons. The van der Waals surface area contributed by atoms with Gasteiger partial charge in [-0.1, -0.05) is 13.3 Å². The molecule has 0 aliphatic heterocycles. The summed E-state index contributed by atoms with van der Waals surface area (Å²) in [5.41, 5.74) is 0. The average Bonchev–Trinajstić information content (AvgIpc) is 1.61. The summed E-state index contributed by atoms with van der Waals surface area (Å²) in [6.07, 6.45) is 2.08. The minimum Gasteiger partial charge on any atom is -0.481 e. The summed E-state index contributed by atoms with van der Waals surface area (Å²) in [6, 6.07) is 0. The van der Waals surface area contributed by atoms with Gasteiger partial charge >= 0.3 is 5.97 Å². The second-order valence-corrected chi connectivity index (χ2v) is 1.50. The molecule has 9 heavy (non-hydrogen) atoms. The van der Waals surface area contributed by atoms with Gasteiger partial charge in [0.05, 0.1) is 0 Å². The Hall–Kier alpha value is 0.0500. The van der Waals surface area contributed by atoms with Crippen LogP contribution in [0.25, 0.3) is 0 Å². The molecule has 0 aromatic heterocycles. The van der Waals surface area contributed by atoms with Gasteiger partial charge < -0.3 is 5.11 Å². The summed E-state index contributed by atoms with van der Waals surface area (Å²) < 4.78 is 0. The number of aliphatic carboxylic acids is 1. The number of carboxylic acids is 1. The lowest BCUT2D eigenvalue weighted by molar-refractivity contribution is -0.137. The van der Waals surface area contributed by atoms with E-state index in [1.165, 1.54) is 0 Å². The third-order valence-electron chi connectivity index (χ3n) is 0.744. The minimum atomic E-state index is -0.693. The predicted octanol–water partition coefficient (Wildman–Crippen LogP) is 2.10. The highest BCUT2D eigenvalue weighted by atomic mass is 35.5. The maximum absolute atomic E-state index is 9.76. The van der Waals surface area contributed by atoms with Crippen LogP contribution < -0.4 is 0 Å². The Morgan fingerprint density at radius 1 is 1.44 bits per heavy atom. The van der Waals surface area contributed by atoms with Crippen molar-refractivity contribution in [3.8, 4) is 0 Å². The molecule has 0 rings (SSSR count). The van der Waals surface area contributed by atoms with Crippen LogP contribution in [0.3, 0.4) is 0 Å². The third kappa shape index (κ3) is 18.0. The van der Waals surface area contributed by atoms with Crippen molar-refractivity contribution in [1.82, 2.24) is 0 Å². The standard InChI is InChI=1S/C5H10O2.2ClH/c1-2-3-4-5(6)7;;/h2-4H2,1H3,(H,6,7);2*1H. The van der Waals surface area contributed by atoms with E-state index in [1.54, 1.807) is 0 Å². The predicted molar refractivity (Wildman–Crippen MR) is 41.7 cm³/mol. The van der Waals surface area contributed by atoms with Gasteiger partial charge in [0.25, 0.3) is 0 Å². The lowest BCUT2D eigenvalue weighted by atomic mass is 10.3. The Labute approximate surface area is 67.5 Å². The Kier molecular flexibility index (Phi) is 19.5. The van der Waals surface area contributed by atoms with E-state index in [1.807, 2.05) is 6.92 Å². The van der Waals surface area contributed by atoms with Gasteiger partial charge in [0.1, 0.15) is 0 Å². The smallest absolute Gasteiger partial charge is 0.303 e. The molecule has 0 atom stereocenters. The first-order valence-electron chi connectivity index (χ1n) is 2.49. The van der Waals surface area contributed by atoms with Crippen LogP contribution in [0, 0.1) is 0 Å². The maximum Gasteiger partial charge on any atom is 0.303 e. The van der Waals surface area contributed by atoms with Crippen LogP contribution in [0.2, 0.25) is 0 Å². The van der Waals surface area contributed by atoms with Gasteiger partial charge in [0, 0.05) is 6.42 Å². The van der Waals surface area contributed by atoms with Crippen LogP contribution in [-0.2, 0) is 4.79 Å². The van der Waals surface area contributed by atoms with Crippen molar-refractivity contribution in [3.05, 3.63) is 0 Å². The molecule has 0 amide bonds. The highest BCUT2D eigenvalue weighted by Gasteiger charge is 1.90. The summed E-state index contributed by atoms with van der Waals surface area (Å²) in [4.78, 5) is 9.76. The molecule has 2 nitrogen and oxygen atoms in total. The summed E-state index contributed by atoms with van der Waals surface area (Å²) in [5, 5.41) is 8.04. The zero-order valence-electron chi connectivity index (χ0n) is 5.29. The molecule has 0 aliphatic rings. The van der Waals surface area contributed by atoms with Crippen LogP contribution in [0.1, 0.15) is 26.2 Å². The number of carbonyl (C=O) groups is 1. The molecule has 0 saturated carbocycles. The zero-order valence-corrected chi connectivity index (χ0v) is 6.93. The van der Waals surface area contributed by atoms with Gasteiger partial charge in [-0.05, 0) is 6.42 Å². The van der Waals surface area contributed by atoms with Crippen molar-refractivity contribution >= 4 is 30.8 Å². The topological polar surface area (TPSA) is 37.3 Å². The Morgan fingerprint density at radius 3 is 2.00 bits per heavy atom. The summed E-state index contributed by atoms with van der Waals surface area (Å²) in [6.45, 7) is 1.98. The first kappa shape index (κ1) is 16.0. The van der Waals surface area contributed by atoms with Crippen molar-refractivity contribution in [2.45, 2.75) is 26.2 Å². The number of unbranched alkanes of at least 4 members (excludes halogenated alkanes) is 1. The first-order chi connectivity index (χ1) is 3.27. The van der Waals surface area contributed by atoms with E-state index in [0.29, 0.717) is 6.42 Å². The number of hydrogen-bond acceptors (Lipinski definition) is 1. The summed E-state index contributed by atoms with van der Waals surface area (Å²) in [5.74, 6) is -0.693. The molecule has 0 bridgehead atoms. The Balaban J connectivity index is -0.000000180. The molecule has 1 N–H and O–H groups in total. The van der Waals surface area contributed by atoms with Crippen molar-refractivity contribution in [3.63, 3.8) is 0 Å². The van der Waals surface area contributed by atoms with E-state index in [2.05, 4.69) is 0 Å². The summed E-state index contributed by atoms with van der Waals surface area (Å²) in [7, 11) is 0. The van der Waals surface area contributed by atoms with Crippen molar-refractivity contribution in [2.75, 3.05) is 0 Å². The fourth-order valence-electron chi connectivity index (χ4n) is 0.328. The molecular weight excluding hydrogens is 163 g/mol. The molecule has 0 fully saturated rings. The van der Waals surface area contributed by atoms with Gasteiger partial charge in [-0.15, -0.1) is 24.8 Å². The molecule has 0 aromatic rings. The molecule has 0 aromatic carbocycles. The molecule has 4 heteroatoms. The highest BCUT2D eigenvalue weighted by molar-refractivity contribution is 5.85. The van der Waals surface area contributed by atoms with Gasteiger partial charge in [-0.3, -0.25) is 4.79 Å². The average molecular weight is 175 g/mol. The van der Waals surface area contributed by atoms with Crippen LogP contribution >= 0.6 is 24.8 Å². The SMILES string of the molecule is CCCCC(=O)O.Cl.Cl. The van der Waals surface area contributed by atoms with E-state index in [9.17, 15) is 4.79 Å². The Bertz CT molecular complexity index is 66.0. The van der Waals surface area contributed by atoms with Crippen LogP contribution in [0.5, 0.6) is 0 Å². The maximum atomic E-state index is 9.76. The monoisotopic (exact) mass is 174 g/mol. The molecule has 0 heterocycles. The molecule has 0 unspecified atom stereocenters. The van der Waals surface area contributed by atoms with E-state index in [-0.39, 0.29) is 24.8 Å². The van der Waals surface area contributed by atoms with Crippen LogP contribution in [0.4, 0.5) is 0 Å². The second-order valence-electron chi connectivity index (χ2n) is 1.50. The second kappa shape index (κ2) is 10.9. The first-order valence-corrected chi connectivity index (χ1v) is 2.49. The van der Waals surface area contributed by atoms with Gasteiger partial charge in [0.2, 0.25) is 0 Å². The van der Waals surface area contributed by atoms with Gasteiger partial charge in [0.15, 0.2) is 0 Å². The lowest BCUT2D eigenvalue weighted by Crippen LogP contribution is -1.91. The van der Waals surface area contributed by atoms with Crippen LogP contribution in [-0.4, -0.2) is 11.1 Å². The van der Waals surface area contributed by atoms with Gasteiger partial charge in [-0.2, -0.15) is 0 Å². The van der Waals surface area contributed by atoms with Crippen molar-refractivity contribution in [2.24, 2.45) is 0 Å². The largest absolute Gasteiger partial charge is 0.481 e. The van der Waals surface area contributed by atoms with Crippen molar-refractivity contribution < 1.29 is 9.90 Å². The number of halogens is 2. The number of rotatable bonds is 3. The number of hydrogen-bond donors (Lipinski definition) is 1. The normalized spacial score (nSPS) is 6.78.